The molecule has 0 atom stereocenters. The van der Waals surface area contributed by atoms with Crippen LogP contribution < -0.4 is 5.43 Å². The summed E-state index contributed by atoms with van der Waals surface area (Å²) < 4.78 is 0. The Labute approximate surface area is 59.6 Å². The Morgan fingerprint density at radius 1 is 1.89 bits per heavy atom. The van der Waals surface area contributed by atoms with Gasteiger partial charge in [-0.1, -0.05) is 6.42 Å². The van der Waals surface area contributed by atoms with Gasteiger partial charge in [0.05, 0.1) is 0 Å². The molecule has 1 saturated heterocycles. The van der Waals surface area contributed by atoms with E-state index in [1.54, 1.807) is 4.90 Å². The Balaban J connectivity index is 2.61. The van der Waals surface area contributed by atoms with Gasteiger partial charge in [-0.2, -0.15) is 0 Å². The molecule has 0 saturated carbocycles. The van der Waals surface area contributed by atoms with Crippen molar-refractivity contribution in [2.45, 2.75) is 0 Å². The van der Waals surface area contributed by atoms with Gasteiger partial charge in [0.15, 0.2) is 5.11 Å². The van der Waals surface area contributed by atoms with Gasteiger partial charge in [0.2, 0.25) is 0 Å². The van der Waals surface area contributed by atoms with Gasteiger partial charge < -0.3 is 0 Å². The van der Waals surface area contributed by atoms with Crippen molar-refractivity contribution >= 4 is 17.3 Å². The van der Waals surface area contributed by atoms with Crippen LogP contribution in [0.25, 0.3) is 0 Å². The van der Waals surface area contributed by atoms with Crippen molar-refractivity contribution in [3.05, 3.63) is 0 Å². The second kappa shape index (κ2) is 2.21. The second-order valence-corrected chi connectivity index (χ2v) is 2.20. The Morgan fingerprint density at radius 2 is 2.56 bits per heavy atom. The fourth-order valence-electron chi connectivity index (χ4n) is 0.635. The second-order valence-electron chi connectivity index (χ2n) is 1.81. The number of thiocarbonyl (C=S) groups is 1. The molecule has 0 amide bonds. The van der Waals surface area contributed by atoms with Crippen LogP contribution in [-0.4, -0.2) is 28.7 Å². The molecule has 1 aliphatic rings. The van der Waals surface area contributed by atoms with Crippen LogP contribution in [0.1, 0.15) is 0 Å². The molecule has 0 spiro atoms. The van der Waals surface area contributed by atoms with E-state index in [0.717, 1.165) is 0 Å². The first-order valence-electron chi connectivity index (χ1n) is 2.49. The average Bonchev–Trinajstić information content (AvgIpc) is 2.10. The molecule has 9 heavy (non-hydrogen) atoms. The minimum absolute atomic E-state index is 0.597. The minimum Gasteiger partial charge on any atom is -0.293 e. The highest BCUT2D eigenvalue weighted by Crippen LogP contribution is 1.96. The van der Waals surface area contributed by atoms with Gasteiger partial charge >= 0.3 is 0 Å². The fraction of sp³-hybridized carbons (Fsp3) is 0.400. The van der Waals surface area contributed by atoms with Crippen molar-refractivity contribution in [1.29, 1.82) is 0 Å². The first kappa shape index (κ1) is 6.33. The molecule has 3 nitrogen and oxygen atoms in total. The van der Waals surface area contributed by atoms with Crippen molar-refractivity contribution in [2.24, 2.45) is 0 Å². The van der Waals surface area contributed by atoms with Gasteiger partial charge in [0.25, 0.3) is 0 Å². The molecular formula is C5H7N3S. The van der Waals surface area contributed by atoms with E-state index in [0.29, 0.717) is 11.8 Å². The van der Waals surface area contributed by atoms with Gasteiger partial charge in [0, 0.05) is 13.1 Å². The highest BCUT2D eigenvalue weighted by Gasteiger charge is 2.17. The smallest absolute Gasteiger partial charge is 0.196 e. The largest absolute Gasteiger partial charge is 0.293 e. The summed E-state index contributed by atoms with van der Waals surface area (Å²) in [6.07, 6.45) is 5.11. The van der Waals surface area contributed by atoms with Crippen molar-refractivity contribution in [3.8, 4) is 12.5 Å². The molecule has 0 bridgehead atoms. The maximum Gasteiger partial charge on any atom is 0.196 e. The molecule has 1 aliphatic heterocycles. The lowest BCUT2D eigenvalue weighted by molar-refractivity contribution is 0.297. The maximum absolute atomic E-state index is 5.11. The predicted molar refractivity (Wildman–Crippen MR) is 39.0 cm³/mol. The third-order valence-corrected chi connectivity index (χ3v) is 1.35. The average molecular weight is 141 g/mol. The zero-order valence-electron chi connectivity index (χ0n) is 5.09. The Morgan fingerprint density at radius 3 is 2.78 bits per heavy atom. The molecule has 0 aromatic carbocycles. The monoisotopic (exact) mass is 141 g/mol. The minimum atomic E-state index is 0.597. The van der Waals surface area contributed by atoms with Crippen LogP contribution >= 0.6 is 12.2 Å². The Hall–Kier alpha value is -0.790. The van der Waals surface area contributed by atoms with Crippen LogP contribution in [0.2, 0.25) is 0 Å². The first-order chi connectivity index (χ1) is 4.24. The lowest BCUT2D eigenvalue weighted by Crippen LogP contribution is -2.28. The molecule has 0 aliphatic carbocycles. The van der Waals surface area contributed by atoms with E-state index >= 15 is 0 Å². The fourth-order valence-corrected chi connectivity index (χ4v) is 0.901. The number of hydrogen-bond acceptors (Lipinski definition) is 2. The molecule has 0 unspecified atom stereocenters. The molecule has 0 aromatic rings. The van der Waals surface area contributed by atoms with Crippen molar-refractivity contribution in [1.82, 2.24) is 15.3 Å². The van der Waals surface area contributed by atoms with E-state index in [4.69, 9.17) is 18.6 Å². The number of hydrazine groups is 1. The number of terminal acetylenes is 1. The number of hydrogen-bond donors (Lipinski definition) is 1. The predicted octanol–water partition coefficient (Wildman–Crippen LogP) is -0.429. The molecule has 1 N–H and O–H groups in total. The molecule has 48 valence electrons. The molecular weight excluding hydrogens is 134 g/mol. The summed E-state index contributed by atoms with van der Waals surface area (Å²) in [5.74, 6) is 0. The van der Waals surface area contributed by atoms with Gasteiger partial charge in [-0.05, 0) is 12.2 Å². The van der Waals surface area contributed by atoms with Crippen LogP contribution in [0.15, 0.2) is 0 Å². The van der Waals surface area contributed by atoms with Gasteiger partial charge in [0.1, 0.15) is 6.67 Å². The van der Waals surface area contributed by atoms with E-state index in [1.165, 1.54) is 0 Å². The Bertz CT molecular complexity index is 172. The molecule has 0 radical (unpaired) electrons. The summed E-state index contributed by atoms with van der Waals surface area (Å²) in [6.45, 7) is 0.662. The van der Waals surface area contributed by atoms with Crippen LogP contribution in [0.5, 0.6) is 0 Å². The van der Waals surface area contributed by atoms with Crippen LogP contribution in [-0.2, 0) is 0 Å². The number of nitrogens with one attached hydrogen (secondary N) is 1. The summed E-state index contributed by atoms with van der Waals surface area (Å²) in [5, 5.41) is 2.42. The maximum atomic E-state index is 5.11. The lowest BCUT2D eigenvalue weighted by Gasteiger charge is -2.03. The van der Waals surface area contributed by atoms with E-state index in [1.807, 2.05) is 12.1 Å². The third kappa shape index (κ3) is 1.12. The van der Waals surface area contributed by atoms with Crippen LogP contribution in [0.4, 0.5) is 0 Å². The zero-order valence-corrected chi connectivity index (χ0v) is 5.90. The van der Waals surface area contributed by atoms with Gasteiger partial charge in [-0.3, -0.25) is 10.3 Å². The highest BCUT2D eigenvalue weighted by atomic mass is 32.1. The first-order valence-corrected chi connectivity index (χ1v) is 2.90. The topological polar surface area (TPSA) is 18.5 Å². The van der Waals surface area contributed by atoms with Crippen molar-refractivity contribution in [3.63, 3.8) is 0 Å². The Kier molecular flexibility index (Phi) is 1.56. The molecule has 0 aromatic heterocycles. The van der Waals surface area contributed by atoms with Crippen molar-refractivity contribution < 1.29 is 0 Å². The third-order valence-electron chi connectivity index (χ3n) is 1.04. The van der Waals surface area contributed by atoms with Crippen LogP contribution in [0, 0.1) is 12.5 Å². The standard InChI is InChI=1S/C5H7N3S/c1-3-8-4-7(2)6-5(8)9/h1H,4H2,2H3,(H,6,9). The number of rotatable bonds is 0. The molecule has 4 heteroatoms. The summed E-state index contributed by atoms with van der Waals surface area (Å²) in [6, 6.07) is 2.43. The molecule has 1 fully saturated rings. The summed E-state index contributed by atoms with van der Waals surface area (Å²) in [5.41, 5.74) is 2.87. The van der Waals surface area contributed by atoms with E-state index in [9.17, 15) is 0 Å². The SMILES string of the molecule is C#CN1CN(C)NC1=S. The van der Waals surface area contributed by atoms with E-state index < -0.39 is 0 Å². The quantitative estimate of drug-likeness (QED) is 0.364. The van der Waals surface area contributed by atoms with Crippen LogP contribution in [0.3, 0.4) is 0 Å². The summed E-state index contributed by atoms with van der Waals surface area (Å²) in [7, 11) is 1.88. The highest BCUT2D eigenvalue weighted by molar-refractivity contribution is 7.80. The van der Waals surface area contributed by atoms with Gasteiger partial charge in [-0.15, -0.1) is 0 Å². The van der Waals surface area contributed by atoms with E-state index in [2.05, 4.69) is 11.5 Å². The summed E-state index contributed by atoms with van der Waals surface area (Å²) in [4.78, 5) is 1.62. The normalized spacial score (nSPS) is 19.6. The van der Waals surface area contributed by atoms with Gasteiger partial charge in [-0.25, -0.2) is 5.01 Å². The number of nitrogens with zero attached hydrogens (tertiary/aromatic N) is 2. The molecule has 1 heterocycles. The van der Waals surface area contributed by atoms with E-state index in [-0.39, 0.29) is 0 Å². The van der Waals surface area contributed by atoms with Crippen molar-refractivity contribution in [2.75, 3.05) is 13.7 Å². The zero-order chi connectivity index (χ0) is 6.85. The summed E-state index contributed by atoms with van der Waals surface area (Å²) >= 11 is 4.85. The lowest BCUT2D eigenvalue weighted by atomic mass is 10.8. The molecule has 1 rings (SSSR count).